The maximum Gasteiger partial charge on any atom is 0.209 e. The van der Waals surface area contributed by atoms with Crippen LogP contribution < -0.4 is 9.64 Å². The minimum absolute atomic E-state index is 0.0575. The van der Waals surface area contributed by atoms with Gasteiger partial charge in [0.05, 0.1) is 30.1 Å². The second-order valence-corrected chi connectivity index (χ2v) is 7.01. The highest BCUT2D eigenvalue weighted by molar-refractivity contribution is 5.85. The minimum Gasteiger partial charge on any atom is -0.492 e. The van der Waals surface area contributed by atoms with E-state index in [0.29, 0.717) is 42.9 Å². The molecule has 1 saturated heterocycles. The molecule has 1 aliphatic heterocycles. The number of aliphatic hydroxyl groups excluding tert-OH is 1. The summed E-state index contributed by atoms with van der Waals surface area (Å²) in [5.74, 6) is 1.46. The van der Waals surface area contributed by atoms with Gasteiger partial charge in [0.25, 0.3) is 0 Å². The molecule has 0 aromatic carbocycles. The van der Waals surface area contributed by atoms with Crippen LogP contribution in [-0.2, 0) is 4.79 Å². The highest BCUT2D eigenvalue weighted by Gasteiger charge is 2.18. The Bertz CT molecular complexity index is 1060. The molecule has 1 aliphatic rings. The molecule has 0 saturated carbocycles. The molecule has 1 fully saturated rings. The van der Waals surface area contributed by atoms with Crippen LogP contribution in [-0.4, -0.2) is 70.4 Å². The number of piperazine rings is 1. The number of nitrogens with zero attached hydrogens (tertiary/aromatic N) is 6. The fraction of sp³-hybridized carbons (Fsp3) is 0.333. The van der Waals surface area contributed by atoms with Gasteiger partial charge in [-0.15, -0.1) is 0 Å². The molecule has 0 aliphatic carbocycles. The first-order valence-corrected chi connectivity index (χ1v) is 9.79. The van der Waals surface area contributed by atoms with E-state index in [-0.39, 0.29) is 6.61 Å². The van der Waals surface area contributed by atoms with Gasteiger partial charge in [-0.2, -0.15) is 10.4 Å². The van der Waals surface area contributed by atoms with E-state index in [4.69, 9.17) is 9.84 Å². The van der Waals surface area contributed by atoms with Gasteiger partial charge in [0.2, 0.25) is 6.41 Å². The van der Waals surface area contributed by atoms with Gasteiger partial charge in [0.1, 0.15) is 17.6 Å². The predicted molar refractivity (Wildman–Crippen MR) is 110 cm³/mol. The van der Waals surface area contributed by atoms with Crippen LogP contribution in [0, 0.1) is 11.3 Å². The molecule has 0 spiro atoms. The number of hydrogen-bond acceptors (Lipinski definition) is 7. The zero-order chi connectivity index (χ0) is 20.9. The smallest absolute Gasteiger partial charge is 0.209 e. The lowest BCUT2D eigenvalue weighted by molar-refractivity contribution is -0.118. The van der Waals surface area contributed by atoms with Crippen LogP contribution in [0.3, 0.4) is 0 Å². The van der Waals surface area contributed by atoms with Gasteiger partial charge in [-0.05, 0) is 18.2 Å². The Morgan fingerprint density at radius 2 is 2.07 bits per heavy atom. The fourth-order valence-electron chi connectivity index (χ4n) is 3.52. The normalized spacial score (nSPS) is 14.0. The zero-order valence-corrected chi connectivity index (χ0v) is 16.4. The standard InChI is InChI=1S/C21H22N6O3/c22-11-17-13-24-27-14-18(30-9-1-8-28)10-19(21(17)27)16-2-3-20(23-12-16)26-6-4-25(15-29)5-7-26/h2-3,10,12-15,28H,1,4-9H2. The monoisotopic (exact) mass is 406 g/mol. The number of carbonyl (C=O) groups is 1. The molecular weight excluding hydrogens is 384 g/mol. The summed E-state index contributed by atoms with van der Waals surface area (Å²) in [6, 6.07) is 7.97. The summed E-state index contributed by atoms with van der Waals surface area (Å²) in [5, 5.41) is 22.7. The van der Waals surface area contributed by atoms with E-state index < -0.39 is 0 Å². The molecule has 4 rings (SSSR count). The SMILES string of the molecule is N#Cc1cnn2cc(OCCCO)cc(-c3ccc(N4CCN(C=O)CC4)nc3)c12. The van der Waals surface area contributed by atoms with Gasteiger partial charge >= 0.3 is 0 Å². The lowest BCUT2D eigenvalue weighted by Crippen LogP contribution is -2.45. The third-order valence-corrected chi connectivity index (χ3v) is 5.12. The van der Waals surface area contributed by atoms with Gasteiger partial charge in [-0.25, -0.2) is 9.50 Å². The van der Waals surface area contributed by atoms with Crippen LogP contribution in [0.1, 0.15) is 12.0 Å². The predicted octanol–water partition coefficient (Wildman–Crippen LogP) is 1.31. The highest BCUT2D eigenvalue weighted by atomic mass is 16.5. The first-order valence-electron chi connectivity index (χ1n) is 9.79. The molecule has 1 N–H and O–H groups in total. The van der Waals surface area contributed by atoms with Crippen molar-refractivity contribution in [2.24, 2.45) is 0 Å². The van der Waals surface area contributed by atoms with E-state index in [1.165, 1.54) is 6.20 Å². The molecule has 0 radical (unpaired) electrons. The van der Waals surface area contributed by atoms with Crippen molar-refractivity contribution in [1.29, 1.82) is 5.26 Å². The Kier molecular flexibility index (Phi) is 5.77. The van der Waals surface area contributed by atoms with Crippen LogP contribution in [0.5, 0.6) is 5.75 Å². The largest absolute Gasteiger partial charge is 0.492 e. The number of aliphatic hydroxyl groups is 1. The van der Waals surface area contributed by atoms with Crippen molar-refractivity contribution >= 4 is 17.7 Å². The number of nitriles is 1. The number of hydrogen-bond donors (Lipinski definition) is 1. The van der Waals surface area contributed by atoms with Crippen molar-refractivity contribution in [3.63, 3.8) is 0 Å². The third kappa shape index (κ3) is 3.90. The van der Waals surface area contributed by atoms with Gasteiger partial charge in [0.15, 0.2) is 0 Å². The summed E-state index contributed by atoms with van der Waals surface area (Å²) in [6.07, 6.45) is 6.45. The van der Waals surface area contributed by atoms with E-state index in [1.807, 2.05) is 18.2 Å². The van der Waals surface area contributed by atoms with E-state index >= 15 is 0 Å². The number of aromatic nitrogens is 3. The molecule has 4 heterocycles. The number of rotatable bonds is 7. The van der Waals surface area contributed by atoms with Crippen LogP contribution in [0.25, 0.3) is 16.6 Å². The molecular formula is C21H22N6O3. The van der Waals surface area contributed by atoms with E-state index in [0.717, 1.165) is 36.4 Å². The molecule has 3 aromatic rings. The Morgan fingerprint density at radius 3 is 2.73 bits per heavy atom. The van der Waals surface area contributed by atoms with Crippen molar-refractivity contribution < 1.29 is 14.6 Å². The van der Waals surface area contributed by atoms with E-state index in [2.05, 4.69) is 21.1 Å². The number of amides is 1. The molecule has 154 valence electrons. The van der Waals surface area contributed by atoms with Crippen molar-refractivity contribution in [1.82, 2.24) is 19.5 Å². The van der Waals surface area contributed by atoms with Gasteiger partial charge in [-0.1, -0.05) is 0 Å². The number of anilines is 1. The second-order valence-electron chi connectivity index (χ2n) is 7.01. The highest BCUT2D eigenvalue weighted by Crippen LogP contribution is 2.31. The Labute approximate surface area is 173 Å². The molecule has 0 unspecified atom stereocenters. The number of ether oxygens (including phenoxy) is 1. The first-order chi connectivity index (χ1) is 14.7. The third-order valence-electron chi connectivity index (χ3n) is 5.12. The fourth-order valence-corrected chi connectivity index (χ4v) is 3.52. The van der Waals surface area contributed by atoms with Crippen molar-refractivity contribution in [3.8, 4) is 22.9 Å². The Hall–Kier alpha value is -3.64. The maximum absolute atomic E-state index is 10.9. The van der Waals surface area contributed by atoms with E-state index in [1.54, 1.807) is 21.8 Å². The Balaban J connectivity index is 1.65. The molecule has 0 bridgehead atoms. The maximum atomic E-state index is 10.9. The topological polar surface area (TPSA) is 107 Å². The summed E-state index contributed by atoms with van der Waals surface area (Å²) in [5.41, 5.74) is 2.82. The molecule has 9 nitrogen and oxygen atoms in total. The summed E-state index contributed by atoms with van der Waals surface area (Å²) >= 11 is 0. The molecule has 0 atom stereocenters. The molecule has 30 heavy (non-hydrogen) atoms. The quantitative estimate of drug-likeness (QED) is 0.466. The molecule has 3 aromatic heterocycles. The average molecular weight is 406 g/mol. The van der Waals surface area contributed by atoms with Gasteiger partial charge in [-0.3, -0.25) is 4.79 Å². The minimum atomic E-state index is 0.0575. The second kappa shape index (κ2) is 8.80. The summed E-state index contributed by atoms with van der Waals surface area (Å²) in [6.45, 7) is 3.29. The lowest BCUT2D eigenvalue weighted by Gasteiger charge is -2.33. The number of carbonyl (C=O) groups excluding carboxylic acids is 1. The van der Waals surface area contributed by atoms with Crippen LogP contribution in [0.4, 0.5) is 5.82 Å². The lowest BCUT2D eigenvalue weighted by atomic mass is 10.1. The van der Waals surface area contributed by atoms with Crippen LogP contribution in [0.2, 0.25) is 0 Å². The zero-order valence-electron chi connectivity index (χ0n) is 16.4. The van der Waals surface area contributed by atoms with Gasteiger partial charge < -0.3 is 19.6 Å². The molecule has 1 amide bonds. The summed E-state index contributed by atoms with van der Waals surface area (Å²) < 4.78 is 7.37. The Morgan fingerprint density at radius 1 is 1.23 bits per heavy atom. The number of pyridine rings is 2. The number of fused-ring (bicyclic) bond motifs is 1. The van der Waals surface area contributed by atoms with Crippen molar-refractivity contribution in [3.05, 3.63) is 42.4 Å². The first kappa shape index (κ1) is 19.7. The average Bonchev–Trinajstić information content (AvgIpc) is 3.22. The van der Waals surface area contributed by atoms with Gasteiger partial charge in [0, 0.05) is 56.5 Å². The van der Waals surface area contributed by atoms with Crippen molar-refractivity contribution in [2.75, 3.05) is 44.3 Å². The summed E-state index contributed by atoms with van der Waals surface area (Å²) in [4.78, 5) is 19.4. The van der Waals surface area contributed by atoms with Crippen molar-refractivity contribution in [2.45, 2.75) is 6.42 Å². The van der Waals surface area contributed by atoms with Crippen LogP contribution in [0.15, 0.2) is 36.8 Å². The molecule has 9 heteroatoms. The van der Waals surface area contributed by atoms with Crippen LogP contribution >= 0.6 is 0 Å². The van der Waals surface area contributed by atoms with E-state index in [9.17, 15) is 10.1 Å². The summed E-state index contributed by atoms with van der Waals surface area (Å²) in [7, 11) is 0.